The van der Waals surface area contributed by atoms with E-state index in [4.69, 9.17) is 11.6 Å². The highest BCUT2D eigenvalue weighted by Gasteiger charge is 2.21. The molecule has 0 bridgehead atoms. The molecule has 2 aromatic carbocycles. The van der Waals surface area contributed by atoms with Gasteiger partial charge in [0.1, 0.15) is 6.29 Å². The van der Waals surface area contributed by atoms with Crippen molar-refractivity contribution in [3.8, 4) is 0 Å². The first-order valence-corrected chi connectivity index (χ1v) is 5.57. The smallest absolute Gasteiger partial charge is 0.129 e. The quantitative estimate of drug-likeness (QED) is 0.716. The van der Waals surface area contributed by atoms with Crippen LogP contribution in [0.15, 0.2) is 36.4 Å². The molecule has 0 radical (unpaired) electrons. The monoisotopic (exact) mass is 232 g/mol. The van der Waals surface area contributed by atoms with Crippen molar-refractivity contribution in [2.45, 2.75) is 19.3 Å². The second-order valence-corrected chi connectivity index (χ2v) is 4.95. The lowest BCUT2D eigenvalue weighted by molar-refractivity contribution is -0.111. The Labute approximate surface area is 100 Å². The molecule has 0 N–H and O–H groups in total. The van der Waals surface area contributed by atoms with Crippen LogP contribution in [0, 0.1) is 0 Å². The number of fused-ring (bicyclic) bond motifs is 1. The van der Waals surface area contributed by atoms with Gasteiger partial charge in [-0.2, -0.15) is 0 Å². The summed E-state index contributed by atoms with van der Waals surface area (Å²) < 4.78 is 0. The highest BCUT2D eigenvalue weighted by molar-refractivity contribution is 6.31. The van der Waals surface area contributed by atoms with Gasteiger partial charge in [-0.15, -0.1) is 0 Å². The van der Waals surface area contributed by atoms with Gasteiger partial charge in [-0.1, -0.05) is 35.9 Å². The van der Waals surface area contributed by atoms with Crippen molar-refractivity contribution in [2.75, 3.05) is 0 Å². The molecular formula is C14H13ClO. The molecule has 0 aliphatic rings. The molecule has 0 unspecified atom stereocenters. The second-order valence-electron chi connectivity index (χ2n) is 4.51. The molecule has 0 aliphatic heterocycles. The standard InChI is InChI=1S/C14H13ClO/c1-14(2,9-16)13-5-3-4-10-6-7-11(15)8-12(10)13/h3-9H,1-2H3. The SMILES string of the molecule is CC(C)(C=O)c1cccc2ccc(Cl)cc12. The minimum absolute atomic E-state index is 0.482. The minimum atomic E-state index is -0.482. The number of benzene rings is 2. The molecule has 0 aromatic heterocycles. The van der Waals surface area contributed by atoms with E-state index >= 15 is 0 Å². The first-order chi connectivity index (χ1) is 7.54. The molecule has 0 saturated carbocycles. The number of carbonyl (C=O) groups excluding carboxylic acids is 1. The minimum Gasteiger partial charge on any atom is -0.302 e. The number of halogens is 1. The first-order valence-electron chi connectivity index (χ1n) is 5.20. The number of hydrogen-bond donors (Lipinski definition) is 0. The Bertz CT molecular complexity index is 543. The van der Waals surface area contributed by atoms with Crippen LogP contribution >= 0.6 is 11.6 Å². The van der Waals surface area contributed by atoms with Gasteiger partial charge in [-0.3, -0.25) is 0 Å². The van der Waals surface area contributed by atoms with E-state index < -0.39 is 5.41 Å². The molecule has 16 heavy (non-hydrogen) atoms. The predicted molar refractivity (Wildman–Crippen MR) is 68.0 cm³/mol. The third kappa shape index (κ3) is 1.83. The molecular weight excluding hydrogens is 220 g/mol. The Morgan fingerprint density at radius 2 is 1.94 bits per heavy atom. The Morgan fingerprint density at radius 3 is 2.62 bits per heavy atom. The highest BCUT2D eigenvalue weighted by Crippen LogP contribution is 2.30. The van der Waals surface area contributed by atoms with Gasteiger partial charge in [0.05, 0.1) is 0 Å². The fourth-order valence-corrected chi connectivity index (χ4v) is 2.04. The van der Waals surface area contributed by atoms with Crippen LogP contribution in [-0.4, -0.2) is 6.29 Å². The zero-order chi connectivity index (χ0) is 11.8. The third-order valence-electron chi connectivity index (χ3n) is 2.83. The Balaban J connectivity index is 2.79. The zero-order valence-electron chi connectivity index (χ0n) is 9.33. The van der Waals surface area contributed by atoms with Gasteiger partial charge in [0.2, 0.25) is 0 Å². The van der Waals surface area contributed by atoms with E-state index in [0.29, 0.717) is 5.02 Å². The van der Waals surface area contributed by atoms with Gasteiger partial charge in [0.15, 0.2) is 0 Å². The third-order valence-corrected chi connectivity index (χ3v) is 3.07. The van der Waals surface area contributed by atoms with E-state index in [0.717, 1.165) is 22.6 Å². The van der Waals surface area contributed by atoms with E-state index in [2.05, 4.69) is 0 Å². The zero-order valence-corrected chi connectivity index (χ0v) is 10.1. The van der Waals surface area contributed by atoms with E-state index in [1.165, 1.54) is 0 Å². The first kappa shape index (κ1) is 11.2. The molecule has 0 heterocycles. The van der Waals surface area contributed by atoms with E-state index in [1.54, 1.807) is 0 Å². The fraction of sp³-hybridized carbons (Fsp3) is 0.214. The summed E-state index contributed by atoms with van der Waals surface area (Å²) in [4.78, 5) is 11.1. The Morgan fingerprint density at radius 1 is 1.19 bits per heavy atom. The summed E-state index contributed by atoms with van der Waals surface area (Å²) in [6.45, 7) is 3.82. The predicted octanol–water partition coefficient (Wildman–Crippen LogP) is 3.97. The summed E-state index contributed by atoms with van der Waals surface area (Å²) in [6.07, 6.45) is 0.975. The summed E-state index contributed by atoms with van der Waals surface area (Å²) >= 11 is 6.00. The Hall–Kier alpha value is -1.34. The number of rotatable bonds is 2. The molecule has 0 atom stereocenters. The maximum atomic E-state index is 11.1. The number of aldehydes is 1. The van der Waals surface area contributed by atoms with Crippen LogP contribution in [0.5, 0.6) is 0 Å². The van der Waals surface area contributed by atoms with Gasteiger partial charge >= 0.3 is 0 Å². The molecule has 0 spiro atoms. The van der Waals surface area contributed by atoms with Crippen LogP contribution in [-0.2, 0) is 10.2 Å². The molecule has 2 heteroatoms. The van der Waals surface area contributed by atoms with Crippen molar-refractivity contribution in [3.05, 3.63) is 47.0 Å². The van der Waals surface area contributed by atoms with Crippen molar-refractivity contribution in [3.63, 3.8) is 0 Å². The highest BCUT2D eigenvalue weighted by atomic mass is 35.5. The summed E-state index contributed by atoms with van der Waals surface area (Å²) in [7, 11) is 0. The molecule has 0 amide bonds. The average molecular weight is 233 g/mol. The summed E-state index contributed by atoms with van der Waals surface area (Å²) in [6, 6.07) is 11.7. The molecule has 2 rings (SSSR count). The summed E-state index contributed by atoms with van der Waals surface area (Å²) in [5, 5.41) is 2.85. The van der Waals surface area contributed by atoms with Crippen molar-refractivity contribution in [2.24, 2.45) is 0 Å². The number of carbonyl (C=O) groups is 1. The van der Waals surface area contributed by atoms with Crippen LogP contribution < -0.4 is 0 Å². The van der Waals surface area contributed by atoms with Crippen molar-refractivity contribution >= 4 is 28.7 Å². The maximum Gasteiger partial charge on any atom is 0.129 e. The molecule has 82 valence electrons. The van der Waals surface area contributed by atoms with Gasteiger partial charge in [-0.05, 0) is 42.3 Å². The van der Waals surface area contributed by atoms with Crippen molar-refractivity contribution in [1.82, 2.24) is 0 Å². The van der Waals surface area contributed by atoms with Crippen molar-refractivity contribution < 1.29 is 4.79 Å². The molecule has 1 nitrogen and oxygen atoms in total. The fourth-order valence-electron chi connectivity index (χ4n) is 1.87. The van der Waals surface area contributed by atoms with Crippen LogP contribution in [0.2, 0.25) is 5.02 Å². The lowest BCUT2D eigenvalue weighted by Crippen LogP contribution is -2.18. The van der Waals surface area contributed by atoms with Crippen LogP contribution in [0.3, 0.4) is 0 Å². The topological polar surface area (TPSA) is 17.1 Å². The van der Waals surface area contributed by atoms with E-state index in [-0.39, 0.29) is 0 Å². The van der Waals surface area contributed by atoms with Crippen LogP contribution in [0.1, 0.15) is 19.4 Å². The number of hydrogen-bond acceptors (Lipinski definition) is 1. The van der Waals surface area contributed by atoms with Gasteiger partial charge in [0.25, 0.3) is 0 Å². The lowest BCUT2D eigenvalue weighted by Gasteiger charge is -2.19. The molecule has 0 aliphatic carbocycles. The van der Waals surface area contributed by atoms with E-state index in [1.807, 2.05) is 50.2 Å². The van der Waals surface area contributed by atoms with Crippen molar-refractivity contribution in [1.29, 1.82) is 0 Å². The summed E-state index contributed by atoms with van der Waals surface area (Å²) in [5.74, 6) is 0. The second kappa shape index (κ2) is 3.91. The average Bonchev–Trinajstić information content (AvgIpc) is 2.28. The molecule has 2 aromatic rings. The normalized spacial score (nSPS) is 11.7. The molecule has 0 saturated heterocycles. The van der Waals surface area contributed by atoms with Gasteiger partial charge < -0.3 is 4.79 Å². The lowest BCUT2D eigenvalue weighted by atomic mass is 9.83. The Kier molecular flexibility index (Phi) is 2.73. The summed E-state index contributed by atoms with van der Waals surface area (Å²) in [5.41, 5.74) is 0.534. The largest absolute Gasteiger partial charge is 0.302 e. The van der Waals surface area contributed by atoms with Crippen LogP contribution in [0.4, 0.5) is 0 Å². The van der Waals surface area contributed by atoms with E-state index in [9.17, 15) is 4.79 Å². The maximum absolute atomic E-state index is 11.1. The van der Waals surface area contributed by atoms with Crippen LogP contribution in [0.25, 0.3) is 10.8 Å². The van der Waals surface area contributed by atoms with Gasteiger partial charge in [-0.25, -0.2) is 0 Å². The van der Waals surface area contributed by atoms with Gasteiger partial charge in [0, 0.05) is 10.4 Å². The molecule has 0 fully saturated rings.